The van der Waals surface area contributed by atoms with E-state index in [1.807, 2.05) is 18.2 Å². The fraction of sp³-hybridized carbons (Fsp3) is 0.727. The summed E-state index contributed by atoms with van der Waals surface area (Å²) in [5, 5.41) is 9.18. The van der Waals surface area contributed by atoms with Gasteiger partial charge in [-0.2, -0.15) is 0 Å². The maximum Gasteiger partial charge on any atom is 0.224 e. The van der Waals surface area contributed by atoms with Gasteiger partial charge in [0.05, 0.1) is 17.1 Å². The number of hydrogen-bond acceptors (Lipinski definition) is 3. The van der Waals surface area contributed by atoms with Crippen molar-refractivity contribution in [3.05, 3.63) is 18.2 Å². The zero-order valence-corrected chi connectivity index (χ0v) is 24.0. The Morgan fingerprint density at radius 2 is 0.846 bits per heavy atom. The van der Waals surface area contributed by atoms with Gasteiger partial charge in [-0.1, -0.05) is 102 Å². The maximum absolute atomic E-state index is 13.1. The van der Waals surface area contributed by atoms with Crippen LogP contribution >= 0.6 is 0 Å². The van der Waals surface area contributed by atoms with Crippen LogP contribution in [0.5, 0.6) is 0 Å². The van der Waals surface area contributed by atoms with Crippen LogP contribution in [0.15, 0.2) is 18.2 Å². The number of nitrogens with one attached hydrogen (secondary N) is 3. The van der Waals surface area contributed by atoms with E-state index in [-0.39, 0.29) is 17.7 Å². The van der Waals surface area contributed by atoms with E-state index in [2.05, 4.69) is 16.0 Å². The Bertz CT molecular complexity index is 874. The Hall–Kier alpha value is -2.37. The van der Waals surface area contributed by atoms with Gasteiger partial charge in [-0.3, -0.25) is 14.4 Å². The van der Waals surface area contributed by atoms with Crippen molar-refractivity contribution < 1.29 is 14.4 Å². The first kappa shape index (κ1) is 29.6. The summed E-state index contributed by atoms with van der Waals surface area (Å²) in [7, 11) is 0. The van der Waals surface area contributed by atoms with Crippen LogP contribution in [-0.4, -0.2) is 17.7 Å². The van der Waals surface area contributed by atoms with Gasteiger partial charge in [0.1, 0.15) is 0 Å². The lowest BCUT2D eigenvalue weighted by Crippen LogP contribution is -2.21. The van der Waals surface area contributed by atoms with E-state index < -0.39 is 0 Å². The second kappa shape index (κ2) is 16.0. The summed E-state index contributed by atoms with van der Waals surface area (Å²) in [6.45, 7) is 0. The smallest absolute Gasteiger partial charge is 0.224 e. The minimum atomic E-state index is -0.0535. The quantitative estimate of drug-likeness (QED) is 0.249. The zero-order chi connectivity index (χ0) is 27.3. The van der Waals surface area contributed by atoms with Crippen molar-refractivity contribution >= 4 is 34.8 Å². The molecule has 0 spiro atoms. The standard InChI is InChI=1S/C33H51N3O3/c37-30(22-19-25-11-4-1-5-12-25)34-28-17-10-18-29(35-31(38)23-20-26-13-6-2-7-14-26)33(28)36-32(39)24-21-27-15-8-3-9-16-27/h10,17-18,25-27H,1-9,11-16,19-24H2,(H,34,37)(H,35,38)(H,36,39). The molecule has 3 N–H and O–H groups in total. The third-order valence-corrected chi connectivity index (χ3v) is 9.39. The molecule has 0 bridgehead atoms. The fourth-order valence-corrected chi connectivity index (χ4v) is 6.96. The van der Waals surface area contributed by atoms with Crippen LogP contribution in [0, 0.1) is 17.8 Å². The Morgan fingerprint density at radius 1 is 0.513 bits per heavy atom. The molecule has 3 fully saturated rings. The molecule has 3 aliphatic rings. The molecule has 1 aromatic carbocycles. The van der Waals surface area contributed by atoms with E-state index >= 15 is 0 Å². The number of carbonyl (C=O) groups excluding carboxylic acids is 3. The Morgan fingerprint density at radius 3 is 1.21 bits per heavy atom. The highest BCUT2D eigenvalue weighted by Crippen LogP contribution is 2.34. The minimum Gasteiger partial charge on any atom is -0.324 e. The average molecular weight is 538 g/mol. The van der Waals surface area contributed by atoms with Crippen molar-refractivity contribution in [1.82, 2.24) is 0 Å². The van der Waals surface area contributed by atoms with E-state index in [0.717, 1.165) is 19.3 Å². The summed E-state index contributed by atoms with van der Waals surface area (Å²) in [4.78, 5) is 38.9. The molecule has 39 heavy (non-hydrogen) atoms. The van der Waals surface area contributed by atoms with Crippen molar-refractivity contribution in [2.24, 2.45) is 17.8 Å². The van der Waals surface area contributed by atoms with Crippen molar-refractivity contribution in [2.45, 2.75) is 135 Å². The minimum absolute atomic E-state index is 0.0287. The molecule has 0 unspecified atom stereocenters. The summed E-state index contributed by atoms with van der Waals surface area (Å²) in [6.07, 6.45) is 23.0. The summed E-state index contributed by atoms with van der Waals surface area (Å²) < 4.78 is 0. The monoisotopic (exact) mass is 537 g/mol. The molecule has 216 valence electrons. The summed E-state index contributed by atoms with van der Waals surface area (Å²) in [5.41, 5.74) is 1.66. The molecule has 0 saturated heterocycles. The van der Waals surface area contributed by atoms with E-state index in [9.17, 15) is 14.4 Å². The molecule has 4 rings (SSSR count). The highest BCUT2D eigenvalue weighted by molar-refractivity contribution is 6.06. The molecule has 0 radical (unpaired) electrons. The third kappa shape index (κ3) is 10.3. The molecule has 0 heterocycles. The number of anilines is 3. The molecule has 1 aromatic rings. The first-order valence-electron chi connectivity index (χ1n) is 16.1. The molecule has 6 heteroatoms. The number of amides is 3. The van der Waals surface area contributed by atoms with Crippen LogP contribution in [0.25, 0.3) is 0 Å². The topological polar surface area (TPSA) is 87.3 Å². The van der Waals surface area contributed by atoms with Crippen molar-refractivity contribution in [3.63, 3.8) is 0 Å². The largest absolute Gasteiger partial charge is 0.324 e. The number of para-hydroxylation sites is 1. The van der Waals surface area contributed by atoms with E-state index in [0.29, 0.717) is 54.1 Å². The molecule has 0 atom stereocenters. The number of benzene rings is 1. The van der Waals surface area contributed by atoms with Crippen LogP contribution in [0.4, 0.5) is 17.1 Å². The highest BCUT2D eigenvalue weighted by Gasteiger charge is 2.20. The Labute approximate surface area is 235 Å². The zero-order valence-electron chi connectivity index (χ0n) is 24.0. The number of carbonyl (C=O) groups is 3. The van der Waals surface area contributed by atoms with E-state index in [1.165, 1.54) is 96.3 Å². The van der Waals surface area contributed by atoms with Gasteiger partial charge in [-0.15, -0.1) is 0 Å². The van der Waals surface area contributed by atoms with Crippen LogP contribution in [0.3, 0.4) is 0 Å². The van der Waals surface area contributed by atoms with Crippen molar-refractivity contribution in [3.8, 4) is 0 Å². The molecule has 3 saturated carbocycles. The lowest BCUT2D eigenvalue weighted by Gasteiger charge is -2.23. The third-order valence-electron chi connectivity index (χ3n) is 9.39. The predicted molar refractivity (Wildman–Crippen MR) is 160 cm³/mol. The first-order valence-corrected chi connectivity index (χ1v) is 16.1. The first-order chi connectivity index (χ1) is 19.1. The fourth-order valence-electron chi connectivity index (χ4n) is 6.96. The van der Waals surface area contributed by atoms with Gasteiger partial charge in [0.15, 0.2) is 0 Å². The van der Waals surface area contributed by atoms with Crippen molar-refractivity contribution in [2.75, 3.05) is 16.0 Å². The second-order valence-electron chi connectivity index (χ2n) is 12.5. The Balaban J connectivity index is 1.38. The normalized spacial score (nSPS) is 19.4. The molecule has 0 aliphatic heterocycles. The SMILES string of the molecule is O=C(CCC1CCCCC1)Nc1cccc(NC(=O)CCC2CCCCC2)c1NC(=O)CCC1CCCCC1. The summed E-state index contributed by atoms with van der Waals surface area (Å²) in [5.74, 6) is 1.79. The highest BCUT2D eigenvalue weighted by atomic mass is 16.2. The van der Waals surface area contributed by atoms with Gasteiger partial charge < -0.3 is 16.0 Å². The van der Waals surface area contributed by atoms with E-state index in [4.69, 9.17) is 0 Å². The predicted octanol–water partition coefficient (Wildman–Crippen LogP) is 8.58. The van der Waals surface area contributed by atoms with Crippen LogP contribution in [0.1, 0.15) is 135 Å². The maximum atomic E-state index is 13.1. The van der Waals surface area contributed by atoms with Gasteiger partial charge in [-0.05, 0) is 49.1 Å². The molecule has 3 aliphatic carbocycles. The van der Waals surface area contributed by atoms with Crippen LogP contribution in [-0.2, 0) is 14.4 Å². The van der Waals surface area contributed by atoms with E-state index in [1.54, 1.807) is 0 Å². The molecule has 0 aromatic heterocycles. The van der Waals surface area contributed by atoms with Gasteiger partial charge in [0, 0.05) is 19.3 Å². The second-order valence-corrected chi connectivity index (χ2v) is 12.5. The lowest BCUT2D eigenvalue weighted by molar-refractivity contribution is -0.117. The molecular weight excluding hydrogens is 486 g/mol. The molecular formula is C33H51N3O3. The van der Waals surface area contributed by atoms with Crippen molar-refractivity contribution in [1.29, 1.82) is 0 Å². The van der Waals surface area contributed by atoms with Crippen LogP contribution < -0.4 is 16.0 Å². The summed E-state index contributed by atoms with van der Waals surface area (Å²) in [6, 6.07) is 5.49. The van der Waals surface area contributed by atoms with Gasteiger partial charge >= 0.3 is 0 Å². The van der Waals surface area contributed by atoms with Crippen LogP contribution in [0.2, 0.25) is 0 Å². The summed E-state index contributed by atoms with van der Waals surface area (Å²) >= 11 is 0. The average Bonchev–Trinajstić information content (AvgIpc) is 2.97. The number of hydrogen-bond donors (Lipinski definition) is 3. The molecule has 3 amide bonds. The number of rotatable bonds is 12. The van der Waals surface area contributed by atoms with Gasteiger partial charge in [0.25, 0.3) is 0 Å². The van der Waals surface area contributed by atoms with Gasteiger partial charge in [0.2, 0.25) is 17.7 Å². The lowest BCUT2D eigenvalue weighted by atomic mass is 9.86. The molecule has 6 nitrogen and oxygen atoms in total. The van der Waals surface area contributed by atoms with Gasteiger partial charge in [-0.25, -0.2) is 0 Å². The Kier molecular flexibility index (Phi) is 12.2.